The van der Waals surface area contributed by atoms with Crippen LogP contribution >= 0.6 is 0 Å². The molecule has 0 unspecified atom stereocenters. The van der Waals surface area contributed by atoms with Gasteiger partial charge in [0.25, 0.3) is 0 Å². The molecule has 9 heavy (non-hydrogen) atoms. The Labute approximate surface area is 53.5 Å². The molecular weight excluding hydrogens is 128 g/mol. The molecule has 0 nitrogen and oxygen atoms in total. The van der Waals surface area contributed by atoms with Crippen LogP contribution in [0.5, 0.6) is 0 Å². The zero-order valence-electron chi connectivity index (χ0n) is 5.54. The van der Waals surface area contributed by atoms with Crippen LogP contribution in [0.1, 0.15) is 26.2 Å². The highest BCUT2D eigenvalue weighted by Crippen LogP contribution is 2.18. The fourth-order valence-electron chi connectivity index (χ4n) is 0.626. The molecule has 0 aromatic carbocycles. The summed E-state index contributed by atoms with van der Waals surface area (Å²) in [5.74, 6) is 0. The van der Waals surface area contributed by atoms with Gasteiger partial charge in [0.2, 0.25) is 0 Å². The number of hydrogen-bond donors (Lipinski definition) is 0. The van der Waals surface area contributed by atoms with Gasteiger partial charge in [-0.15, -0.1) is 0 Å². The Kier molecular flexibility index (Phi) is 3.74. The van der Waals surface area contributed by atoms with Crippen LogP contribution in [0.4, 0.5) is 12.9 Å². The van der Waals surface area contributed by atoms with Crippen LogP contribution < -0.4 is 0 Å². The summed E-state index contributed by atoms with van der Waals surface area (Å²) in [6.07, 6.45) is 1.29. The lowest BCUT2D eigenvalue weighted by Crippen LogP contribution is -2.13. The first kappa shape index (κ1) is 8.85. The number of hydrogen-bond acceptors (Lipinski definition) is 0. The lowest BCUT2D eigenvalue weighted by molar-refractivity contribution is 0.461. The molecule has 0 aliphatic carbocycles. The number of halogens is 3. The summed E-state index contributed by atoms with van der Waals surface area (Å²) >= 11 is 0. The SMILES string of the molecule is CCCCC[B-](F)(F)F. The van der Waals surface area contributed by atoms with E-state index < -0.39 is 13.3 Å². The highest BCUT2D eigenvalue weighted by Gasteiger charge is 2.20. The van der Waals surface area contributed by atoms with E-state index in [2.05, 4.69) is 0 Å². The topological polar surface area (TPSA) is 0 Å². The van der Waals surface area contributed by atoms with Crippen LogP contribution in [0.2, 0.25) is 6.32 Å². The number of rotatable bonds is 4. The fourth-order valence-corrected chi connectivity index (χ4v) is 0.626. The Balaban J connectivity index is 3.07. The molecule has 0 aromatic heterocycles. The van der Waals surface area contributed by atoms with Crippen molar-refractivity contribution in [2.24, 2.45) is 0 Å². The van der Waals surface area contributed by atoms with Crippen LogP contribution in [0.25, 0.3) is 0 Å². The predicted molar refractivity (Wildman–Crippen MR) is 33.4 cm³/mol. The van der Waals surface area contributed by atoms with Crippen LogP contribution in [0.15, 0.2) is 0 Å². The molecule has 0 saturated carbocycles. The van der Waals surface area contributed by atoms with E-state index in [9.17, 15) is 12.9 Å². The molecule has 0 spiro atoms. The summed E-state index contributed by atoms with van der Waals surface area (Å²) in [6, 6.07) is 0. The molecule has 0 saturated heterocycles. The Bertz CT molecular complexity index is 69.1. The first-order valence-electron chi connectivity index (χ1n) is 3.27. The molecule has 0 radical (unpaired) electrons. The maximum absolute atomic E-state index is 11.4. The van der Waals surface area contributed by atoms with Gasteiger partial charge in [0, 0.05) is 0 Å². The van der Waals surface area contributed by atoms with Crippen molar-refractivity contribution in [3.63, 3.8) is 0 Å². The summed E-state index contributed by atoms with van der Waals surface area (Å²) in [4.78, 5) is 0. The molecule has 0 fully saturated rings. The second-order valence-corrected chi connectivity index (χ2v) is 2.21. The monoisotopic (exact) mass is 139 g/mol. The van der Waals surface area contributed by atoms with Crippen molar-refractivity contribution in [1.82, 2.24) is 0 Å². The van der Waals surface area contributed by atoms with Gasteiger partial charge in [-0.05, 0) is 0 Å². The van der Waals surface area contributed by atoms with E-state index in [-0.39, 0.29) is 0 Å². The third-order valence-electron chi connectivity index (χ3n) is 1.14. The highest BCUT2D eigenvalue weighted by atomic mass is 19.4. The Morgan fingerprint density at radius 1 is 1.11 bits per heavy atom. The second kappa shape index (κ2) is 3.80. The molecule has 0 aliphatic rings. The van der Waals surface area contributed by atoms with Crippen molar-refractivity contribution in [3.05, 3.63) is 0 Å². The summed E-state index contributed by atoms with van der Waals surface area (Å²) in [5.41, 5.74) is 0. The van der Waals surface area contributed by atoms with E-state index in [1.54, 1.807) is 0 Å². The molecule has 0 aromatic rings. The molecule has 0 N–H and O–H groups in total. The van der Waals surface area contributed by atoms with Gasteiger partial charge >= 0.3 is 6.98 Å². The van der Waals surface area contributed by atoms with Gasteiger partial charge in [-0.1, -0.05) is 32.5 Å². The molecular formula is C5H11BF3-. The van der Waals surface area contributed by atoms with Crippen LogP contribution in [0.3, 0.4) is 0 Å². The first-order valence-corrected chi connectivity index (χ1v) is 3.27. The van der Waals surface area contributed by atoms with Crippen LogP contribution in [-0.2, 0) is 0 Å². The van der Waals surface area contributed by atoms with Gasteiger partial charge < -0.3 is 12.9 Å². The maximum atomic E-state index is 11.4. The normalized spacial score (nSPS) is 12.0. The van der Waals surface area contributed by atoms with Crippen molar-refractivity contribution in [2.75, 3.05) is 0 Å². The molecule has 0 heterocycles. The van der Waals surface area contributed by atoms with Crippen molar-refractivity contribution < 1.29 is 12.9 Å². The van der Waals surface area contributed by atoms with Gasteiger partial charge in [-0.3, -0.25) is 0 Å². The van der Waals surface area contributed by atoms with Crippen molar-refractivity contribution in [2.45, 2.75) is 32.5 Å². The van der Waals surface area contributed by atoms with E-state index in [0.29, 0.717) is 12.8 Å². The second-order valence-electron chi connectivity index (χ2n) is 2.21. The maximum Gasteiger partial charge on any atom is 0.478 e. The van der Waals surface area contributed by atoms with Crippen molar-refractivity contribution >= 4 is 6.98 Å². The molecule has 4 heteroatoms. The van der Waals surface area contributed by atoms with Crippen LogP contribution in [0, 0.1) is 0 Å². The fraction of sp³-hybridized carbons (Fsp3) is 1.00. The van der Waals surface area contributed by atoms with E-state index in [4.69, 9.17) is 0 Å². The molecule has 0 atom stereocenters. The Morgan fingerprint density at radius 2 is 1.67 bits per heavy atom. The summed E-state index contributed by atoms with van der Waals surface area (Å²) in [7, 11) is 0. The third kappa shape index (κ3) is 7.85. The number of unbranched alkanes of at least 4 members (excludes halogenated alkanes) is 2. The van der Waals surface area contributed by atoms with Gasteiger partial charge in [-0.25, -0.2) is 0 Å². The van der Waals surface area contributed by atoms with Gasteiger partial charge in [-0.2, -0.15) is 0 Å². The summed E-state index contributed by atoms with van der Waals surface area (Å²) in [5, 5.41) is 0. The van der Waals surface area contributed by atoms with Crippen molar-refractivity contribution in [3.8, 4) is 0 Å². The molecule has 0 aliphatic heterocycles. The van der Waals surface area contributed by atoms with E-state index >= 15 is 0 Å². The van der Waals surface area contributed by atoms with Gasteiger partial charge in [0.05, 0.1) is 0 Å². The standard InChI is InChI=1S/C5H11BF3/c1-2-3-4-5-6(7,8)9/h2-5H2,1H3/q-1. The molecule has 56 valence electrons. The minimum atomic E-state index is -4.51. The smallest absolute Gasteiger partial charge is 0.449 e. The largest absolute Gasteiger partial charge is 0.478 e. The summed E-state index contributed by atoms with van der Waals surface area (Å²) in [6.45, 7) is -2.62. The predicted octanol–water partition coefficient (Wildman–Crippen LogP) is 3.02. The average molecular weight is 139 g/mol. The lowest BCUT2D eigenvalue weighted by Gasteiger charge is -2.11. The lowest BCUT2D eigenvalue weighted by atomic mass is 9.83. The van der Waals surface area contributed by atoms with E-state index in [0.717, 1.165) is 6.42 Å². The van der Waals surface area contributed by atoms with Crippen LogP contribution in [-0.4, -0.2) is 6.98 Å². The van der Waals surface area contributed by atoms with Crippen molar-refractivity contribution in [1.29, 1.82) is 0 Å². The Hall–Kier alpha value is -0.145. The molecule has 0 amide bonds. The summed E-state index contributed by atoms with van der Waals surface area (Å²) < 4.78 is 34.3. The zero-order valence-corrected chi connectivity index (χ0v) is 5.54. The minimum absolute atomic E-state index is 0.306. The van der Waals surface area contributed by atoms with Gasteiger partial charge in [0.1, 0.15) is 0 Å². The minimum Gasteiger partial charge on any atom is -0.449 e. The molecule has 0 rings (SSSR count). The van der Waals surface area contributed by atoms with Gasteiger partial charge in [0.15, 0.2) is 0 Å². The molecule has 0 bridgehead atoms. The average Bonchev–Trinajstić information content (AvgIpc) is 1.63. The van der Waals surface area contributed by atoms with E-state index in [1.807, 2.05) is 6.92 Å². The zero-order chi connectivity index (χ0) is 7.33. The highest BCUT2D eigenvalue weighted by molar-refractivity contribution is 6.58. The quantitative estimate of drug-likeness (QED) is 0.414. The van der Waals surface area contributed by atoms with E-state index in [1.165, 1.54) is 0 Å². The Morgan fingerprint density at radius 3 is 2.00 bits per heavy atom. The third-order valence-corrected chi connectivity index (χ3v) is 1.14. The first-order chi connectivity index (χ1) is 4.06.